The van der Waals surface area contributed by atoms with Crippen molar-refractivity contribution in [1.82, 2.24) is 10.6 Å². The Labute approximate surface area is 167 Å². The highest BCUT2D eigenvalue weighted by molar-refractivity contribution is 5.92. The van der Waals surface area contributed by atoms with Crippen LogP contribution in [0.15, 0.2) is 61.2 Å². The number of benzene rings is 2. The van der Waals surface area contributed by atoms with Crippen molar-refractivity contribution in [2.75, 3.05) is 11.4 Å². The second-order valence-electron chi connectivity index (χ2n) is 7.12. The Morgan fingerprint density at radius 3 is 2.43 bits per heavy atom. The molecular formula is C23H29N3O2. The summed E-state index contributed by atoms with van der Waals surface area (Å²) in [5, 5.41) is 5.72. The van der Waals surface area contributed by atoms with Gasteiger partial charge < -0.3 is 10.6 Å². The van der Waals surface area contributed by atoms with Gasteiger partial charge in [0.2, 0.25) is 5.91 Å². The van der Waals surface area contributed by atoms with E-state index in [-0.39, 0.29) is 18.0 Å². The quantitative estimate of drug-likeness (QED) is 0.682. The van der Waals surface area contributed by atoms with E-state index in [0.717, 1.165) is 22.4 Å². The standard InChI is InChI=1S/C23H29N3O2/c1-5-13-24-23(28)26(16-20-8-6-7-18(4)14-20)21-11-9-19(10-12-21)15-22(27)25-17(2)3/h5-12,14,17H,1,13,15-16H2,2-4H3,(H,24,28)(H,25,27). The molecule has 0 unspecified atom stereocenters. The molecule has 0 atom stereocenters. The summed E-state index contributed by atoms with van der Waals surface area (Å²) < 4.78 is 0. The van der Waals surface area contributed by atoms with E-state index in [2.05, 4.69) is 23.3 Å². The van der Waals surface area contributed by atoms with E-state index in [4.69, 9.17) is 0 Å². The molecule has 5 nitrogen and oxygen atoms in total. The van der Waals surface area contributed by atoms with Crippen molar-refractivity contribution in [1.29, 1.82) is 0 Å². The number of aryl methyl sites for hydroxylation is 1. The number of hydrogen-bond donors (Lipinski definition) is 2. The fourth-order valence-corrected chi connectivity index (χ4v) is 2.88. The molecule has 0 heterocycles. The van der Waals surface area contributed by atoms with Crippen LogP contribution in [-0.4, -0.2) is 24.5 Å². The number of carbonyl (C=O) groups is 2. The maximum atomic E-state index is 12.7. The van der Waals surface area contributed by atoms with E-state index in [9.17, 15) is 9.59 Å². The molecule has 0 saturated carbocycles. The molecule has 2 aromatic rings. The zero-order valence-electron chi connectivity index (χ0n) is 16.9. The lowest BCUT2D eigenvalue weighted by Crippen LogP contribution is -2.39. The predicted molar refractivity (Wildman–Crippen MR) is 114 cm³/mol. The van der Waals surface area contributed by atoms with Crippen LogP contribution in [0, 0.1) is 6.92 Å². The first-order valence-electron chi connectivity index (χ1n) is 9.49. The second-order valence-corrected chi connectivity index (χ2v) is 7.12. The Bertz CT molecular complexity index is 813. The van der Waals surface area contributed by atoms with Crippen molar-refractivity contribution in [3.8, 4) is 0 Å². The first-order valence-corrected chi connectivity index (χ1v) is 9.49. The van der Waals surface area contributed by atoms with E-state index in [1.165, 1.54) is 0 Å². The third-order valence-electron chi connectivity index (χ3n) is 4.13. The second kappa shape index (κ2) is 10.3. The van der Waals surface area contributed by atoms with Crippen LogP contribution in [0.3, 0.4) is 0 Å². The lowest BCUT2D eigenvalue weighted by Gasteiger charge is -2.23. The van der Waals surface area contributed by atoms with E-state index < -0.39 is 0 Å². The molecule has 0 fully saturated rings. The van der Waals surface area contributed by atoms with Crippen molar-refractivity contribution in [2.24, 2.45) is 0 Å². The van der Waals surface area contributed by atoms with Gasteiger partial charge in [0.05, 0.1) is 13.0 Å². The van der Waals surface area contributed by atoms with Crippen LogP contribution in [0.5, 0.6) is 0 Å². The van der Waals surface area contributed by atoms with Crippen molar-refractivity contribution in [2.45, 2.75) is 39.8 Å². The van der Waals surface area contributed by atoms with Crippen LogP contribution >= 0.6 is 0 Å². The molecule has 0 spiro atoms. The molecule has 0 aliphatic rings. The van der Waals surface area contributed by atoms with E-state index in [0.29, 0.717) is 19.5 Å². The molecule has 28 heavy (non-hydrogen) atoms. The van der Waals surface area contributed by atoms with Crippen LogP contribution in [0.4, 0.5) is 10.5 Å². The molecule has 0 saturated heterocycles. The fourth-order valence-electron chi connectivity index (χ4n) is 2.88. The van der Waals surface area contributed by atoms with Gasteiger partial charge >= 0.3 is 6.03 Å². The van der Waals surface area contributed by atoms with Gasteiger partial charge in [0.25, 0.3) is 0 Å². The third-order valence-corrected chi connectivity index (χ3v) is 4.13. The number of anilines is 1. The molecule has 0 aromatic heterocycles. The average molecular weight is 380 g/mol. The number of carbonyl (C=O) groups excluding carboxylic acids is 2. The number of amides is 3. The zero-order valence-corrected chi connectivity index (χ0v) is 16.9. The highest BCUT2D eigenvalue weighted by Gasteiger charge is 2.16. The van der Waals surface area contributed by atoms with Crippen molar-refractivity contribution in [3.63, 3.8) is 0 Å². The number of rotatable bonds is 8. The van der Waals surface area contributed by atoms with Crippen molar-refractivity contribution < 1.29 is 9.59 Å². The van der Waals surface area contributed by atoms with Gasteiger partial charge in [-0.05, 0) is 44.0 Å². The molecule has 148 valence electrons. The van der Waals surface area contributed by atoms with Gasteiger partial charge in [0.15, 0.2) is 0 Å². The highest BCUT2D eigenvalue weighted by Crippen LogP contribution is 2.19. The molecule has 2 N–H and O–H groups in total. The predicted octanol–water partition coefficient (Wildman–Crippen LogP) is 3.96. The number of nitrogens with zero attached hydrogens (tertiary/aromatic N) is 1. The maximum Gasteiger partial charge on any atom is 0.322 e. The Kier molecular flexibility index (Phi) is 7.81. The van der Waals surface area contributed by atoms with Crippen LogP contribution in [-0.2, 0) is 17.8 Å². The summed E-state index contributed by atoms with van der Waals surface area (Å²) in [6.45, 7) is 10.4. The molecule has 3 amide bonds. The molecule has 2 rings (SSSR count). The smallest absolute Gasteiger partial charge is 0.322 e. The number of hydrogen-bond acceptors (Lipinski definition) is 2. The summed E-state index contributed by atoms with van der Waals surface area (Å²) in [5.41, 5.74) is 3.88. The van der Waals surface area contributed by atoms with Gasteiger partial charge in [-0.1, -0.05) is 48.0 Å². The molecule has 0 aliphatic carbocycles. The molecule has 0 bridgehead atoms. The minimum atomic E-state index is -0.188. The van der Waals surface area contributed by atoms with E-state index >= 15 is 0 Å². The SMILES string of the molecule is C=CCNC(=O)N(Cc1cccc(C)c1)c1ccc(CC(=O)NC(C)C)cc1. The van der Waals surface area contributed by atoms with Crippen molar-refractivity contribution >= 4 is 17.6 Å². The largest absolute Gasteiger partial charge is 0.354 e. The summed E-state index contributed by atoms with van der Waals surface area (Å²) in [4.78, 5) is 26.3. The Balaban J connectivity index is 2.18. The zero-order chi connectivity index (χ0) is 20.5. The van der Waals surface area contributed by atoms with Gasteiger partial charge in [-0.15, -0.1) is 6.58 Å². The Morgan fingerprint density at radius 1 is 1.11 bits per heavy atom. The topological polar surface area (TPSA) is 61.4 Å². The van der Waals surface area contributed by atoms with Gasteiger partial charge in [-0.25, -0.2) is 4.79 Å². The van der Waals surface area contributed by atoms with Crippen LogP contribution in [0.1, 0.15) is 30.5 Å². The fraction of sp³-hybridized carbons (Fsp3) is 0.304. The number of urea groups is 1. The number of nitrogens with one attached hydrogen (secondary N) is 2. The summed E-state index contributed by atoms with van der Waals surface area (Å²) >= 11 is 0. The summed E-state index contributed by atoms with van der Waals surface area (Å²) in [5.74, 6) is -0.0110. The maximum absolute atomic E-state index is 12.7. The lowest BCUT2D eigenvalue weighted by molar-refractivity contribution is -0.120. The van der Waals surface area contributed by atoms with Gasteiger partial charge in [0, 0.05) is 18.3 Å². The van der Waals surface area contributed by atoms with Crippen LogP contribution in [0.2, 0.25) is 0 Å². The summed E-state index contributed by atoms with van der Waals surface area (Å²) in [6, 6.07) is 15.5. The first kappa shape index (κ1) is 21.2. The van der Waals surface area contributed by atoms with Gasteiger partial charge in [-0.2, -0.15) is 0 Å². The Morgan fingerprint density at radius 2 is 1.82 bits per heavy atom. The van der Waals surface area contributed by atoms with Gasteiger partial charge in [0.1, 0.15) is 0 Å². The average Bonchev–Trinajstić information content (AvgIpc) is 2.64. The van der Waals surface area contributed by atoms with Gasteiger partial charge in [-0.3, -0.25) is 9.69 Å². The minimum absolute atomic E-state index is 0.0110. The monoisotopic (exact) mass is 379 g/mol. The van der Waals surface area contributed by atoms with E-state index in [1.807, 2.05) is 63.2 Å². The minimum Gasteiger partial charge on any atom is -0.354 e. The summed E-state index contributed by atoms with van der Waals surface area (Å²) in [7, 11) is 0. The van der Waals surface area contributed by atoms with Crippen LogP contribution in [0.25, 0.3) is 0 Å². The van der Waals surface area contributed by atoms with E-state index in [1.54, 1.807) is 11.0 Å². The van der Waals surface area contributed by atoms with Crippen LogP contribution < -0.4 is 15.5 Å². The molecule has 0 radical (unpaired) electrons. The Hall–Kier alpha value is -3.08. The molecule has 5 heteroatoms. The highest BCUT2D eigenvalue weighted by atomic mass is 16.2. The third kappa shape index (κ3) is 6.58. The summed E-state index contributed by atoms with van der Waals surface area (Å²) in [6.07, 6.45) is 1.97. The lowest BCUT2D eigenvalue weighted by atomic mass is 10.1. The molecular weight excluding hydrogens is 350 g/mol. The molecule has 2 aromatic carbocycles. The first-order chi connectivity index (χ1) is 13.4. The normalized spacial score (nSPS) is 10.4. The van der Waals surface area contributed by atoms with Crippen molar-refractivity contribution in [3.05, 3.63) is 77.9 Å². The molecule has 0 aliphatic heterocycles.